The summed E-state index contributed by atoms with van der Waals surface area (Å²) in [6.07, 6.45) is 2.82. The number of carbonyl (C=O) groups excluding carboxylic acids is 1. The minimum atomic E-state index is -1.59. The highest BCUT2D eigenvalue weighted by Crippen LogP contribution is 2.49. The first-order valence-electron chi connectivity index (χ1n) is 7.39. The molecular weight excluding hydrogens is 310 g/mol. The van der Waals surface area contributed by atoms with E-state index >= 15 is 0 Å². The van der Waals surface area contributed by atoms with Crippen LogP contribution in [0, 0.1) is 5.82 Å². The second-order valence-electron chi connectivity index (χ2n) is 6.35. The first-order valence-corrected chi connectivity index (χ1v) is 8.38. The Bertz CT molecular complexity index is 617. The van der Waals surface area contributed by atoms with Gasteiger partial charge >= 0.3 is 0 Å². The lowest BCUT2D eigenvalue weighted by atomic mass is 9.92. The standard InChI is InChI=1S/C15H16F2N2O2S/c16-11-2-1-5-18-12(11)21-10-6-14(22-7-10)8-19(9-14)13(20)15(17)3-4-15/h1-2,5,10H,3-4,6-9H2. The molecule has 4 nitrogen and oxygen atoms in total. The molecule has 7 heteroatoms. The molecule has 1 aliphatic carbocycles. The summed E-state index contributed by atoms with van der Waals surface area (Å²) < 4.78 is 32.9. The quantitative estimate of drug-likeness (QED) is 0.854. The van der Waals surface area contributed by atoms with Gasteiger partial charge in [-0.2, -0.15) is 0 Å². The second-order valence-corrected chi connectivity index (χ2v) is 7.84. The Hall–Kier alpha value is -1.37. The Kier molecular flexibility index (Phi) is 3.11. The van der Waals surface area contributed by atoms with Gasteiger partial charge in [0.25, 0.3) is 11.8 Å². The summed E-state index contributed by atoms with van der Waals surface area (Å²) in [5.74, 6) is -0.0670. The SMILES string of the molecule is O=C(N1CC2(CC(Oc3ncccc3F)CS2)C1)C1(F)CC1. The topological polar surface area (TPSA) is 42.4 Å². The van der Waals surface area contributed by atoms with Gasteiger partial charge in [0.1, 0.15) is 6.10 Å². The van der Waals surface area contributed by atoms with Gasteiger partial charge < -0.3 is 9.64 Å². The van der Waals surface area contributed by atoms with Crippen molar-refractivity contribution in [3.8, 4) is 5.88 Å². The summed E-state index contributed by atoms with van der Waals surface area (Å²) in [5.41, 5.74) is -1.59. The molecule has 118 valence electrons. The average molecular weight is 326 g/mol. The maximum Gasteiger partial charge on any atom is 0.260 e. The lowest BCUT2D eigenvalue weighted by Gasteiger charge is -2.47. The van der Waals surface area contributed by atoms with Crippen LogP contribution >= 0.6 is 11.8 Å². The Morgan fingerprint density at radius 3 is 2.91 bits per heavy atom. The van der Waals surface area contributed by atoms with Crippen molar-refractivity contribution in [2.75, 3.05) is 18.8 Å². The number of nitrogens with zero attached hydrogens (tertiary/aromatic N) is 2. The van der Waals surface area contributed by atoms with Crippen LogP contribution in [-0.2, 0) is 4.79 Å². The highest BCUT2D eigenvalue weighted by atomic mass is 32.2. The Labute approximate surface area is 131 Å². The van der Waals surface area contributed by atoms with Crippen LogP contribution in [0.2, 0.25) is 0 Å². The molecule has 0 N–H and O–H groups in total. The van der Waals surface area contributed by atoms with Gasteiger partial charge in [0.2, 0.25) is 0 Å². The fourth-order valence-corrected chi connectivity index (χ4v) is 4.64. The van der Waals surface area contributed by atoms with Gasteiger partial charge in [-0.15, -0.1) is 11.8 Å². The van der Waals surface area contributed by atoms with Crippen molar-refractivity contribution in [1.82, 2.24) is 9.88 Å². The number of likely N-dealkylation sites (tertiary alicyclic amines) is 1. The molecule has 3 aliphatic rings. The van der Waals surface area contributed by atoms with Crippen LogP contribution in [0.1, 0.15) is 19.3 Å². The monoisotopic (exact) mass is 326 g/mol. The number of hydrogen-bond donors (Lipinski definition) is 0. The fourth-order valence-electron chi connectivity index (χ4n) is 3.11. The number of alkyl halides is 1. The highest BCUT2D eigenvalue weighted by Gasteiger charge is 2.59. The van der Waals surface area contributed by atoms with Crippen molar-refractivity contribution in [2.24, 2.45) is 0 Å². The zero-order chi connectivity index (χ0) is 15.4. The average Bonchev–Trinajstić information content (AvgIpc) is 3.07. The van der Waals surface area contributed by atoms with Crippen LogP contribution in [0.4, 0.5) is 8.78 Å². The van der Waals surface area contributed by atoms with Gasteiger partial charge in [0.15, 0.2) is 11.5 Å². The van der Waals surface area contributed by atoms with Crippen molar-refractivity contribution in [3.05, 3.63) is 24.1 Å². The first-order chi connectivity index (χ1) is 10.5. The van der Waals surface area contributed by atoms with Crippen LogP contribution in [-0.4, -0.2) is 51.2 Å². The zero-order valence-corrected chi connectivity index (χ0v) is 12.7. The Morgan fingerprint density at radius 1 is 1.45 bits per heavy atom. The van der Waals surface area contributed by atoms with Gasteiger partial charge in [-0.1, -0.05) is 0 Å². The number of ether oxygens (including phenoxy) is 1. The van der Waals surface area contributed by atoms with Crippen molar-refractivity contribution in [1.29, 1.82) is 0 Å². The number of halogens is 2. The lowest BCUT2D eigenvalue weighted by molar-refractivity contribution is -0.143. The smallest absolute Gasteiger partial charge is 0.260 e. The van der Waals surface area contributed by atoms with Crippen LogP contribution in [0.5, 0.6) is 5.88 Å². The van der Waals surface area contributed by atoms with E-state index in [0.717, 1.165) is 12.2 Å². The predicted octanol–water partition coefficient (Wildman–Crippen LogP) is 2.19. The van der Waals surface area contributed by atoms with E-state index < -0.39 is 11.5 Å². The van der Waals surface area contributed by atoms with E-state index in [2.05, 4.69) is 4.98 Å². The number of carbonyl (C=O) groups is 1. The summed E-state index contributed by atoms with van der Waals surface area (Å²) >= 11 is 1.73. The third kappa shape index (κ3) is 2.35. The van der Waals surface area contributed by atoms with Crippen molar-refractivity contribution in [2.45, 2.75) is 35.8 Å². The number of amides is 1. The molecule has 3 heterocycles. The van der Waals surface area contributed by atoms with Crippen LogP contribution in [0.3, 0.4) is 0 Å². The number of hydrogen-bond acceptors (Lipinski definition) is 4. The van der Waals surface area contributed by atoms with E-state index in [9.17, 15) is 13.6 Å². The van der Waals surface area contributed by atoms with Crippen molar-refractivity contribution in [3.63, 3.8) is 0 Å². The molecule has 1 unspecified atom stereocenters. The summed E-state index contributed by atoms with van der Waals surface area (Å²) in [4.78, 5) is 17.4. The third-order valence-corrected chi connectivity index (χ3v) is 6.07. The molecule has 1 spiro atoms. The van der Waals surface area contributed by atoms with E-state index in [-0.39, 0.29) is 22.6 Å². The molecule has 1 atom stereocenters. The summed E-state index contributed by atoms with van der Waals surface area (Å²) in [6, 6.07) is 2.84. The minimum absolute atomic E-state index is 0.0260. The van der Waals surface area contributed by atoms with E-state index in [1.165, 1.54) is 18.3 Å². The maximum atomic E-state index is 13.8. The molecule has 1 saturated carbocycles. The molecule has 22 heavy (non-hydrogen) atoms. The van der Waals surface area contributed by atoms with Crippen molar-refractivity contribution < 1.29 is 18.3 Å². The summed E-state index contributed by atoms with van der Waals surface area (Å²) in [5, 5.41) is 0. The summed E-state index contributed by atoms with van der Waals surface area (Å²) in [6.45, 7) is 1.12. The molecule has 2 aliphatic heterocycles. The van der Waals surface area contributed by atoms with Crippen molar-refractivity contribution >= 4 is 17.7 Å². The molecule has 0 bridgehead atoms. The Balaban J connectivity index is 1.34. The fraction of sp³-hybridized carbons (Fsp3) is 0.600. The van der Waals surface area contributed by atoms with Gasteiger partial charge in [0.05, 0.1) is 4.75 Å². The molecule has 4 rings (SSSR count). The van der Waals surface area contributed by atoms with E-state index in [4.69, 9.17) is 4.74 Å². The largest absolute Gasteiger partial charge is 0.471 e. The molecule has 2 saturated heterocycles. The molecule has 0 aromatic carbocycles. The Morgan fingerprint density at radius 2 is 2.23 bits per heavy atom. The summed E-state index contributed by atoms with van der Waals surface area (Å²) in [7, 11) is 0. The molecule has 0 radical (unpaired) electrons. The third-order valence-electron chi connectivity index (χ3n) is 4.50. The van der Waals surface area contributed by atoms with E-state index in [0.29, 0.717) is 25.9 Å². The van der Waals surface area contributed by atoms with Gasteiger partial charge in [-0.05, 0) is 25.0 Å². The van der Waals surface area contributed by atoms with Gasteiger partial charge in [-0.25, -0.2) is 13.8 Å². The van der Waals surface area contributed by atoms with Crippen LogP contribution in [0.15, 0.2) is 18.3 Å². The molecule has 3 fully saturated rings. The lowest BCUT2D eigenvalue weighted by Crippen LogP contribution is -2.62. The molecule has 1 amide bonds. The molecule has 1 aromatic heterocycles. The number of rotatable bonds is 3. The second kappa shape index (κ2) is 4.81. The van der Waals surface area contributed by atoms with Gasteiger partial charge in [-0.3, -0.25) is 4.79 Å². The molecular formula is C15H16F2N2O2S. The molecule has 1 aromatic rings. The predicted molar refractivity (Wildman–Crippen MR) is 78.1 cm³/mol. The number of pyridine rings is 1. The van der Waals surface area contributed by atoms with Crippen LogP contribution in [0.25, 0.3) is 0 Å². The normalized spacial score (nSPS) is 27.5. The maximum absolute atomic E-state index is 13.8. The zero-order valence-electron chi connectivity index (χ0n) is 11.9. The first kappa shape index (κ1) is 14.2. The number of aromatic nitrogens is 1. The van der Waals surface area contributed by atoms with Crippen LogP contribution < -0.4 is 4.74 Å². The highest BCUT2D eigenvalue weighted by molar-refractivity contribution is 8.01. The minimum Gasteiger partial charge on any atom is -0.471 e. The number of thioether (sulfide) groups is 1. The van der Waals surface area contributed by atoms with E-state index in [1.807, 2.05) is 0 Å². The van der Waals surface area contributed by atoms with E-state index in [1.54, 1.807) is 16.7 Å². The van der Waals surface area contributed by atoms with Gasteiger partial charge in [0, 0.05) is 31.5 Å².